The molecule has 2 rings (SSSR count). The van der Waals surface area contributed by atoms with Gasteiger partial charge in [0.15, 0.2) is 5.13 Å². The maximum Gasteiger partial charge on any atom is 0.323 e. The Morgan fingerprint density at radius 2 is 2.25 bits per heavy atom. The monoisotopic (exact) mass is 297 g/mol. The van der Waals surface area contributed by atoms with E-state index >= 15 is 0 Å². The molecule has 110 valence electrons. The minimum Gasteiger partial charge on any atom is -0.481 e. The molecule has 20 heavy (non-hydrogen) atoms. The summed E-state index contributed by atoms with van der Waals surface area (Å²) in [5.74, 6) is -0.488. The van der Waals surface area contributed by atoms with Crippen LogP contribution in [0.4, 0.5) is 9.93 Å². The maximum atomic E-state index is 12.1. The summed E-state index contributed by atoms with van der Waals surface area (Å²) in [6, 6.07) is -0.142. The molecule has 1 atom stereocenters. The van der Waals surface area contributed by atoms with Crippen LogP contribution >= 0.6 is 11.3 Å². The number of aliphatic carboxylic acids is 1. The highest BCUT2D eigenvalue weighted by Gasteiger charge is 2.27. The van der Waals surface area contributed by atoms with Crippen LogP contribution in [0.2, 0.25) is 0 Å². The van der Waals surface area contributed by atoms with E-state index < -0.39 is 5.97 Å². The molecular weight excluding hydrogens is 278 g/mol. The first-order chi connectivity index (χ1) is 9.45. The van der Waals surface area contributed by atoms with Crippen LogP contribution in [0.1, 0.15) is 29.8 Å². The van der Waals surface area contributed by atoms with Gasteiger partial charge >= 0.3 is 12.0 Å². The fourth-order valence-corrected chi connectivity index (χ4v) is 3.08. The number of nitrogens with one attached hydrogen (secondary N) is 1. The van der Waals surface area contributed by atoms with Crippen molar-refractivity contribution in [1.82, 2.24) is 9.88 Å². The smallest absolute Gasteiger partial charge is 0.323 e. The lowest BCUT2D eigenvalue weighted by atomic mass is 10.0. The van der Waals surface area contributed by atoms with E-state index in [0.717, 1.165) is 17.0 Å². The number of hydrogen-bond acceptors (Lipinski definition) is 4. The van der Waals surface area contributed by atoms with Gasteiger partial charge in [-0.15, -0.1) is 11.3 Å². The van der Waals surface area contributed by atoms with Crippen LogP contribution < -0.4 is 5.32 Å². The molecule has 0 bridgehead atoms. The average molecular weight is 297 g/mol. The van der Waals surface area contributed by atoms with Crippen LogP contribution in [0, 0.1) is 19.8 Å². The first-order valence-corrected chi connectivity index (χ1v) is 7.49. The summed E-state index contributed by atoms with van der Waals surface area (Å²) in [5, 5.41) is 12.1. The Balaban J connectivity index is 1.83. The van der Waals surface area contributed by atoms with Gasteiger partial charge in [-0.2, -0.15) is 0 Å². The number of carbonyl (C=O) groups excluding carboxylic acids is 1. The molecule has 1 aliphatic rings. The van der Waals surface area contributed by atoms with E-state index in [0.29, 0.717) is 24.6 Å². The van der Waals surface area contributed by atoms with Crippen LogP contribution in [-0.4, -0.2) is 40.1 Å². The number of aryl methyl sites for hydroxylation is 2. The minimum absolute atomic E-state index is 0.142. The van der Waals surface area contributed by atoms with Gasteiger partial charge in [0, 0.05) is 24.4 Å². The van der Waals surface area contributed by atoms with Crippen molar-refractivity contribution in [2.75, 3.05) is 18.4 Å². The quantitative estimate of drug-likeness (QED) is 0.894. The first kappa shape index (κ1) is 14.8. The van der Waals surface area contributed by atoms with Crippen LogP contribution in [0.25, 0.3) is 0 Å². The Hall–Kier alpha value is -1.63. The molecule has 1 aromatic rings. The van der Waals surface area contributed by atoms with Gasteiger partial charge in [-0.05, 0) is 32.6 Å². The van der Waals surface area contributed by atoms with Gasteiger partial charge in [0.2, 0.25) is 0 Å². The van der Waals surface area contributed by atoms with Crippen molar-refractivity contribution in [1.29, 1.82) is 0 Å². The molecule has 2 amide bonds. The summed E-state index contributed by atoms with van der Waals surface area (Å²) >= 11 is 1.47. The zero-order chi connectivity index (χ0) is 14.7. The molecule has 1 unspecified atom stereocenters. The Morgan fingerprint density at radius 3 is 2.85 bits per heavy atom. The predicted molar refractivity (Wildman–Crippen MR) is 77.2 cm³/mol. The molecule has 2 heterocycles. The summed E-state index contributed by atoms with van der Waals surface area (Å²) < 4.78 is 0. The molecular formula is C13H19N3O3S. The number of carboxylic acid groups (broad SMARTS) is 1. The number of nitrogens with zero attached hydrogens (tertiary/aromatic N) is 2. The van der Waals surface area contributed by atoms with Gasteiger partial charge in [0.1, 0.15) is 0 Å². The Labute approximate surface area is 121 Å². The predicted octanol–water partition coefficient (Wildman–Crippen LogP) is 2.48. The molecule has 1 fully saturated rings. The van der Waals surface area contributed by atoms with Gasteiger partial charge < -0.3 is 10.0 Å². The summed E-state index contributed by atoms with van der Waals surface area (Å²) in [6.07, 6.45) is 1.68. The number of amides is 2. The van der Waals surface area contributed by atoms with Crippen molar-refractivity contribution in [3.8, 4) is 0 Å². The highest BCUT2D eigenvalue weighted by atomic mass is 32.1. The Kier molecular flexibility index (Phi) is 4.59. The molecule has 7 heteroatoms. The number of thiazole rings is 1. The molecule has 0 saturated carbocycles. The van der Waals surface area contributed by atoms with Crippen molar-refractivity contribution in [2.45, 2.75) is 33.1 Å². The highest BCUT2D eigenvalue weighted by molar-refractivity contribution is 7.15. The van der Waals surface area contributed by atoms with Crippen LogP contribution in [0.3, 0.4) is 0 Å². The lowest BCUT2D eigenvalue weighted by Gasteiger charge is -2.16. The van der Waals surface area contributed by atoms with E-state index in [2.05, 4.69) is 10.3 Å². The van der Waals surface area contributed by atoms with Gasteiger partial charge in [-0.3, -0.25) is 10.1 Å². The Bertz CT molecular complexity index is 495. The van der Waals surface area contributed by atoms with Crippen molar-refractivity contribution < 1.29 is 14.7 Å². The van der Waals surface area contributed by atoms with Crippen LogP contribution in [0.15, 0.2) is 0 Å². The van der Waals surface area contributed by atoms with E-state index in [9.17, 15) is 9.59 Å². The SMILES string of the molecule is Cc1nc(NC(=O)N2CCC(CCC(=O)O)C2)sc1C. The van der Waals surface area contributed by atoms with E-state index in [-0.39, 0.29) is 18.4 Å². The second-order valence-corrected chi connectivity index (χ2v) is 6.33. The number of anilines is 1. The number of carbonyl (C=O) groups is 2. The van der Waals surface area contributed by atoms with Crippen molar-refractivity contribution >= 4 is 28.5 Å². The van der Waals surface area contributed by atoms with Crippen molar-refractivity contribution in [3.05, 3.63) is 10.6 Å². The fraction of sp³-hybridized carbons (Fsp3) is 0.615. The molecule has 0 aromatic carbocycles. The van der Waals surface area contributed by atoms with Gasteiger partial charge in [-0.25, -0.2) is 9.78 Å². The van der Waals surface area contributed by atoms with E-state index in [4.69, 9.17) is 5.11 Å². The molecule has 1 aromatic heterocycles. The Morgan fingerprint density at radius 1 is 1.50 bits per heavy atom. The van der Waals surface area contributed by atoms with Crippen molar-refractivity contribution in [3.63, 3.8) is 0 Å². The average Bonchev–Trinajstić information content (AvgIpc) is 2.95. The second kappa shape index (κ2) is 6.21. The van der Waals surface area contributed by atoms with Crippen LogP contribution in [-0.2, 0) is 4.79 Å². The summed E-state index contributed by atoms with van der Waals surface area (Å²) in [5.41, 5.74) is 0.936. The molecule has 0 spiro atoms. The van der Waals surface area contributed by atoms with E-state index in [1.165, 1.54) is 11.3 Å². The van der Waals surface area contributed by atoms with Crippen LogP contribution in [0.5, 0.6) is 0 Å². The number of urea groups is 1. The number of carboxylic acids is 1. The summed E-state index contributed by atoms with van der Waals surface area (Å²) in [7, 11) is 0. The lowest BCUT2D eigenvalue weighted by Crippen LogP contribution is -2.33. The third kappa shape index (κ3) is 3.69. The van der Waals surface area contributed by atoms with Gasteiger partial charge in [0.25, 0.3) is 0 Å². The lowest BCUT2D eigenvalue weighted by molar-refractivity contribution is -0.137. The van der Waals surface area contributed by atoms with Gasteiger partial charge in [0.05, 0.1) is 5.69 Å². The summed E-state index contributed by atoms with van der Waals surface area (Å²) in [6.45, 7) is 5.20. The number of likely N-dealkylation sites (tertiary alicyclic amines) is 1. The van der Waals surface area contributed by atoms with E-state index in [1.54, 1.807) is 4.90 Å². The number of rotatable bonds is 4. The molecule has 0 radical (unpaired) electrons. The first-order valence-electron chi connectivity index (χ1n) is 6.67. The minimum atomic E-state index is -0.776. The second-order valence-electron chi connectivity index (χ2n) is 5.12. The highest BCUT2D eigenvalue weighted by Crippen LogP contribution is 2.24. The summed E-state index contributed by atoms with van der Waals surface area (Å²) in [4.78, 5) is 29.7. The van der Waals surface area contributed by atoms with E-state index in [1.807, 2.05) is 13.8 Å². The molecule has 1 saturated heterocycles. The number of hydrogen-bond donors (Lipinski definition) is 2. The molecule has 2 N–H and O–H groups in total. The molecule has 0 aliphatic carbocycles. The topological polar surface area (TPSA) is 82.5 Å². The third-order valence-corrected chi connectivity index (χ3v) is 4.57. The van der Waals surface area contributed by atoms with Gasteiger partial charge in [-0.1, -0.05) is 0 Å². The normalized spacial score (nSPS) is 18.3. The fourth-order valence-electron chi connectivity index (χ4n) is 2.28. The number of aromatic nitrogens is 1. The zero-order valence-corrected chi connectivity index (χ0v) is 12.5. The molecule has 6 nitrogen and oxygen atoms in total. The van der Waals surface area contributed by atoms with Crippen molar-refractivity contribution in [2.24, 2.45) is 5.92 Å². The standard InChI is InChI=1S/C13H19N3O3S/c1-8-9(2)20-12(14-8)15-13(19)16-6-5-10(7-16)3-4-11(17)18/h10H,3-7H2,1-2H3,(H,17,18)(H,14,15,19). The zero-order valence-electron chi connectivity index (χ0n) is 11.7. The maximum absolute atomic E-state index is 12.1. The third-order valence-electron chi connectivity index (χ3n) is 3.58. The molecule has 1 aliphatic heterocycles. The largest absolute Gasteiger partial charge is 0.481 e.